The van der Waals surface area contributed by atoms with Crippen molar-refractivity contribution in [2.45, 2.75) is 182 Å². The lowest BCUT2D eigenvalue weighted by molar-refractivity contribution is 0.589. The monoisotopic (exact) mass is 1260 g/mol. The van der Waals surface area contributed by atoms with Crippen LogP contribution in [0.4, 0.5) is 51.2 Å². The van der Waals surface area contributed by atoms with Crippen molar-refractivity contribution in [2.75, 3.05) is 14.7 Å². The zero-order chi connectivity index (χ0) is 68.1. The Bertz CT molecular complexity index is 4770. The van der Waals surface area contributed by atoms with Gasteiger partial charge in [0.1, 0.15) is 0 Å². The molecule has 3 aliphatic rings. The van der Waals surface area contributed by atoms with Gasteiger partial charge in [-0.3, -0.25) is 0 Å². The second-order valence-electron chi connectivity index (χ2n) is 34.8. The van der Waals surface area contributed by atoms with E-state index in [-0.39, 0.29) is 45.1 Å². The summed E-state index contributed by atoms with van der Waals surface area (Å²) in [6.45, 7) is 47.0. The largest absolute Gasteiger partial charge is 0.311 e. The molecule has 0 unspecified atom stereocenters. The van der Waals surface area contributed by atoms with Crippen LogP contribution in [-0.4, -0.2) is 6.71 Å². The Kier molecular flexibility index (Phi) is 15.2. The van der Waals surface area contributed by atoms with E-state index in [4.69, 9.17) is 0 Å². The van der Waals surface area contributed by atoms with E-state index < -0.39 is 5.41 Å². The van der Waals surface area contributed by atoms with Crippen molar-refractivity contribution in [2.24, 2.45) is 0 Å². The van der Waals surface area contributed by atoms with Crippen LogP contribution >= 0.6 is 0 Å². The van der Waals surface area contributed by atoms with E-state index >= 15 is 0 Å². The summed E-state index contributed by atoms with van der Waals surface area (Å²) in [6.07, 6.45) is 0. The van der Waals surface area contributed by atoms with E-state index in [1.807, 2.05) is 0 Å². The molecule has 0 amide bonds. The maximum atomic E-state index is 2.75. The smallest absolute Gasteiger partial charge is 0.252 e. The van der Waals surface area contributed by atoms with E-state index in [0.29, 0.717) is 0 Å². The van der Waals surface area contributed by atoms with Crippen LogP contribution in [0.25, 0.3) is 21.9 Å². The lowest BCUT2D eigenvalue weighted by Gasteiger charge is -2.46. The average molecular weight is 1260 g/mol. The highest BCUT2D eigenvalue weighted by molar-refractivity contribution is 7.00. The molecular weight excluding hydrogens is 1160 g/mol. The summed E-state index contributed by atoms with van der Waals surface area (Å²) in [5.74, 6) is -0.123. The summed E-state index contributed by atoms with van der Waals surface area (Å²) in [7, 11) is 0. The van der Waals surface area contributed by atoms with Crippen molar-refractivity contribution in [1.82, 2.24) is 0 Å². The van der Waals surface area contributed by atoms with E-state index in [1.54, 1.807) is 0 Å². The molecule has 0 bridgehead atoms. The summed E-state index contributed by atoms with van der Waals surface area (Å²) in [5.41, 5.74) is 30.8. The molecule has 484 valence electrons. The third-order valence-corrected chi connectivity index (χ3v) is 21.5. The highest BCUT2D eigenvalue weighted by Gasteiger charge is 2.48. The highest BCUT2D eigenvalue weighted by Crippen LogP contribution is 2.60. The molecule has 2 heterocycles. The Morgan fingerprint density at radius 3 is 1.30 bits per heavy atom. The Hall–Kier alpha value is -8.86. The van der Waals surface area contributed by atoms with Crippen LogP contribution in [-0.2, 0) is 37.9 Å². The van der Waals surface area contributed by atoms with Gasteiger partial charge in [0, 0.05) is 56.4 Å². The molecule has 0 atom stereocenters. The van der Waals surface area contributed by atoms with Crippen LogP contribution in [0.2, 0.25) is 0 Å². The first-order chi connectivity index (χ1) is 45.2. The lowest BCUT2D eigenvalue weighted by atomic mass is 9.33. The quantitative estimate of drug-likeness (QED) is 0.111. The maximum Gasteiger partial charge on any atom is 0.252 e. The first-order valence-corrected chi connectivity index (χ1v) is 35.2. The van der Waals surface area contributed by atoms with Crippen molar-refractivity contribution < 1.29 is 0 Å². The summed E-state index contributed by atoms with van der Waals surface area (Å²) >= 11 is 0. The van der Waals surface area contributed by atoms with E-state index in [2.05, 4.69) is 378 Å². The molecule has 4 heteroatoms. The minimum atomic E-state index is -0.445. The zero-order valence-electron chi connectivity index (χ0n) is 60.9. The van der Waals surface area contributed by atoms with E-state index in [0.717, 1.165) is 22.7 Å². The Morgan fingerprint density at radius 1 is 0.354 bits per heavy atom. The molecule has 0 spiro atoms. The maximum absolute atomic E-state index is 2.75. The fourth-order valence-corrected chi connectivity index (χ4v) is 15.9. The normalized spacial score (nSPS) is 14.4. The number of nitrogens with zero attached hydrogens (tertiary/aromatic N) is 3. The minimum absolute atomic E-state index is 0.0105. The molecule has 11 aromatic rings. The predicted octanol–water partition coefficient (Wildman–Crippen LogP) is 23.7. The van der Waals surface area contributed by atoms with Crippen LogP contribution in [0.5, 0.6) is 0 Å². The van der Waals surface area contributed by atoms with Gasteiger partial charge in [0.05, 0.1) is 17.1 Å². The Labute approximate surface area is 575 Å². The van der Waals surface area contributed by atoms with Crippen molar-refractivity contribution in [3.63, 3.8) is 0 Å². The molecule has 14 rings (SSSR count). The molecule has 0 fully saturated rings. The van der Waals surface area contributed by atoms with Crippen molar-refractivity contribution in [3.8, 4) is 11.1 Å². The Balaban J connectivity index is 1.14. The van der Waals surface area contributed by atoms with Gasteiger partial charge in [0.2, 0.25) is 0 Å². The summed E-state index contributed by atoms with van der Waals surface area (Å²) in [5, 5.41) is 2.42. The van der Waals surface area contributed by atoms with Crippen LogP contribution < -0.4 is 31.1 Å². The van der Waals surface area contributed by atoms with Crippen LogP contribution in [0.1, 0.15) is 206 Å². The number of anilines is 9. The Morgan fingerprint density at radius 2 is 0.781 bits per heavy atom. The third kappa shape index (κ3) is 11.0. The highest BCUT2D eigenvalue weighted by atomic mass is 15.2. The predicted molar refractivity (Wildman–Crippen MR) is 416 cm³/mol. The van der Waals surface area contributed by atoms with Gasteiger partial charge in [-0.05, 0) is 188 Å². The van der Waals surface area contributed by atoms with Gasteiger partial charge in [0.25, 0.3) is 6.71 Å². The number of rotatable bonds is 8. The van der Waals surface area contributed by atoms with Gasteiger partial charge in [-0.25, -0.2) is 0 Å². The van der Waals surface area contributed by atoms with E-state index in [9.17, 15) is 0 Å². The number of hydrogen-bond donors (Lipinski definition) is 0. The molecule has 0 N–H and O–H groups in total. The number of fused-ring (bicyclic) bond motifs is 8. The fraction of sp³-hybridized carbons (Fsp3) is 0.304. The van der Waals surface area contributed by atoms with Gasteiger partial charge in [0.15, 0.2) is 0 Å². The van der Waals surface area contributed by atoms with Crippen LogP contribution in [0.15, 0.2) is 224 Å². The molecule has 96 heavy (non-hydrogen) atoms. The van der Waals surface area contributed by atoms with Gasteiger partial charge < -0.3 is 14.7 Å². The second kappa shape index (κ2) is 22.6. The van der Waals surface area contributed by atoms with E-state index in [1.165, 1.54) is 128 Å². The molecule has 0 saturated carbocycles. The summed E-state index contributed by atoms with van der Waals surface area (Å²) < 4.78 is 0. The minimum Gasteiger partial charge on any atom is -0.311 e. The van der Waals surface area contributed by atoms with Crippen LogP contribution in [0.3, 0.4) is 0 Å². The first kappa shape index (κ1) is 64.5. The molecule has 11 aromatic carbocycles. The molecule has 0 radical (unpaired) electrons. The molecule has 0 saturated heterocycles. The van der Waals surface area contributed by atoms with Crippen molar-refractivity contribution in [3.05, 3.63) is 286 Å². The van der Waals surface area contributed by atoms with Gasteiger partial charge in [-0.1, -0.05) is 296 Å². The molecular formula is C92H98BN3. The molecule has 2 aliphatic heterocycles. The van der Waals surface area contributed by atoms with Crippen molar-refractivity contribution in [1.29, 1.82) is 0 Å². The third-order valence-electron chi connectivity index (χ3n) is 21.5. The fourth-order valence-electron chi connectivity index (χ4n) is 15.9. The molecule has 0 aromatic heterocycles. The standard InChI is InChI=1S/C92H98BN3/c1-86(2,3)62-36-32-59(33-37-62)82(60-34-38-63(39-35-60)87(4,5)6)61-54-80-85-81(55-61)96(77-51-45-67(91(16,17)18)57-74(77)93(85)73-56-66(90(13,14)15)44-50-76(73)95(80)69-48-42-65(43-49-69)89(10,11)12)79-53-52-78(83-71-29-23-24-30-72(71)92(19,20)84(79)83)94(68-46-40-64(41-47-68)88(7,8)9)75-31-25-27-58-26-21-22-28-70(58)75/h21-57,82H,1-20H3. The summed E-state index contributed by atoms with van der Waals surface area (Å²) in [4.78, 5) is 7.96. The van der Waals surface area contributed by atoms with Gasteiger partial charge in [-0.2, -0.15) is 0 Å². The van der Waals surface area contributed by atoms with Gasteiger partial charge >= 0.3 is 0 Å². The molecule has 1 aliphatic carbocycles. The van der Waals surface area contributed by atoms with Gasteiger partial charge in [-0.15, -0.1) is 0 Å². The SMILES string of the molecule is CC(C)(C)c1ccc(C(c2ccc(C(C)(C)C)cc2)c2cc3c4c(c2)N(c2ccc(N(c5ccc(C(C)(C)C)cc5)c5cccc6ccccc56)c5c2C(C)(C)c2ccccc2-5)c2ccc(C(C)(C)C)cc2B4c2cc(C(C)(C)C)ccc2N3c2ccc(C(C)(C)C)cc2)cc1. The number of hydrogen-bond acceptors (Lipinski definition) is 3. The van der Waals surface area contributed by atoms with Crippen molar-refractivity contribution >= 4 is 85.1 Å². The zero-order valence-corrected chi connectivity index (χ0v) is 60.9. The topological polar surface area (TPSA) is 9.72 Å². The molecule has 3 nitrogen and oxygen atoms in total. The second-order valence-corrected chi connectivity index (χ2v) is 34.8. The number of benzene rings is 11. The lowest BCUT2D eigenvalue weighted by Crippen LogP contribution is -2.62. The van der Waals surface area contributed by atoms with Crippen LogP contribution in [0, 0.1) is 0 Å². The first-order valence-electron chi connectivity index (χ1n) is 35.2. The average Bonchev–Trinajstić information content (AvgIpc) is 1.09. The summed E-state index contributed by atoms with van der Waals surface area (Å²) in [6, 6.07) is 88.4.